The number of halogens is 2. The van der Waals surface area contributed by atoms with E-state index in [2.05, 4.69) is 10.6 Å². The number of aliphatic carboxylic acids is 1. The Kier molecular flexibility index (Phi) is 14.3. The second-order valence-corrected chi connectivity index (χ2v) is 13.0. The number of aliphatic hydroxyl groups excluding tert-OH is 1. The zero-order valence-electron chi connectivity index (χ0n) is 28.4. The van der Waals surface area contributed by atoms with Crippen molar-refractivity contribution in [2.75, 3.05) is 19.7 Å². The van der Waals surface area contributed by atoms with Crippen molar-refractivity contribution in [2.24, 2.45) is 11.1 Å². The Morgan fingerprint density at radius 1 is 1.04 bits per heavy atom. The fourth-order valence-electron chi connectivity index (χ4n) is 5.70. The van der Waals surface area contributed by atoms with Gasteiger partial charge in [-0.05, 0) is 48.1 Å². The van der Waals surface area contributed by atoms with Crippen LogP contribution in [0.2, 0.25) is 0 Å². The summed E-state index contributed by atoms with van der Waals surface area (Å²) < 4.78 is 31.1. The van der Waals surface area contributed by atoms with E-state index in [0.717, 1.165) is 23.8 Å². The van der Waals surface area contributed by atoms with Crippen molar-refractivity contribution in [3.8, 4) is 11.1 Å². The number of carbonyl (C=O) groups is 5. The molecule has 3 amide bonds. The maximum Gasteiger partial charge on any atom is 0.326 e. The minimum absolute atomic E-state index is 0.0338. The Bertz CT molecular complexity index is 1640. The number of carboxylic acids is 1. The van der Waals surface area contributed by atoms with Gasteiger partial charge in [0.25, 0.3) is 0 Å². The molecular weight excluding hydrogens is 652 g/mol. The molecule has 50 heavy (non-hydrogen) atoms. The highest BCUT2D eigenvalue weighted by atomic mass is 19.1. The van der Waals surface area contributed by atoms with Gasteiger partial charge in [0.2, 0.25) is 17.7 Å². The molecule has 3 atom stereocenters. The van der Waals surface area contributed by atoms with Crippen molar-refractivity contribution >= 4 is 30.0 Å². The smallest absolute Gasteiger partial charge is 0.326 e. The van der Waals surface area contributed by atoms with Crippen molar-refractivity contribution in [2.45, 2.75) is 71.1 Å². The summed E-state index contributed by atoms with van der Waals surface area (Å²) in [6, 6.07) is 11.2. The fourth-order valence-corrected chi connectivity index (χ4v) is 5.70. The van der Waals surface area contributed by atoms with Crippen molar-refractivity contribution in [3.63, 3.8) is 0 Å². The summed E-state index contributed by atoms with van der Waals surface area (Å²) >= 11 is 0. The molecule has 0 bridgehead atoms. The first-order valence-electron chi connectivity index (χ1n) is 16.2. The third-order valence-electron chi connectivity index (χ3n) is 8.11. The lowest BCUT2D eigenvalue weighted by Crippen LogP contribution is -2.48. The number of carboxylic acid groups (broad SMARTS) is 1. The summed E-state index contributed by atoms with van der Waals surface area (Å²) in [4.78, 5) is 61.7. The maximum atomic E-state index is 15.0. The SMILES string of the molecule is CC(C)(C)C(c1cc(-c2cc(F)ccc2F)cn1Cc1ccccc1)N(CCC(N)C(=O)NCCC(=O)NC(CCC=O)C(=O)O)C(=O)CO. The molecule has 0 saturated carbocycles. The molecule has 3 unspecified atom stereocenters. The van der Waals surface area contributed by atoms with Crippen LogP contribution in [0.3, 0.4) is 0 Å². The number of aromatic nitrogens is 1. The van der Waals surface area contributed by atoms with Gasteiger partial charge in [0.05, 0.1) is 12.1 Å². The molecule has 0 aliphatic carbocycles. The van der Waals surface area contributed by atoms with Crippen LogP contribution in [0.5, 0.6) is 0 Å². The van der Waals surface area contributed by atoms with Crippen LogP contribution in [-0.4, -0.2) is 81.4 Å². The van der Waals surface area contributed by atoms with Crippen LogP contribution >= 0.6 is 0 Å². The highest BCUT2D eigenvalue weighted by Crippen LogP contribution is 2.41. The molecule has 0 fully saturated rings. The Hall–Kier alpha value is -4.95. The largest absolute Gasteiger partial charge is 0.480 e. The number of benzene rings is 2. The first kappa shape index (κ1) is 39.5. The monoisotopic (exact) mass is 697 g/mol. The molecule has 0 saturated heterocycles. The van der Waals surface area contributed by atoms with Gasteiger partial charge >= 0.3 is 5.97 Å². The number of nitrogens with zero attached hydrogens (tertiary/aromatic N) is 2. The van der Waals surface area contributed by atoms with Gasteiger partial charge in [-0.1, -0.05) is 51.1 Å². The summed E-state index contributed by atoms with van der Waals surface area (Å²) in [5.41, 5.74) is 7.43. The number of hydrogen-bond donors (Lipinski definition) is 5. The van der Waals surface area contributed by atoms with E-state index in [1.807, 2.05) is 55.7 Å². The van der Waals surface area contributed by atoms with Crippen LogP contribution in [0, 0.1) is 17.0 Å². The molecule has 270 valence electrons. The quantitative estimate of drug-likeness (QED) is 0.126. The van der Waals surface area contributed by atoms with Crippen molar-refractivity contribution in [1.82, 2.24) is 20.1 Å². The van der Waals surface area contributed by atoms with Crippen molar-refractivity contribution in [1.29, 1.82) is 0 Å². The molecule has 3 aromatic rings. The van der Waals surface area contributed by atoms with E-state index >= 15 is 0 Å². The van der Waals surface area contributed by atoms with Crippen LogP contribution in [-0.2, 0) is 30.5 Å². The molecule has 1 heterocycles. The number of rotatable bonds is 18. The second-order valence-electron chi connectivity index (χ2n) is 13.0. The molecule has 14 heteroatoms. The highest BCUT2D eigenvalue weighted by Gasteiger charge is 2.37. The number of carbonyl (C=O) groups excluding carboxylic acids is 4. The molecule has 6 N–H and O–H groups in total. The Morgan fingerprint density at radius 2 is 1.74 bits per heavy atom. The number of aldehydes is 1. The van der Waals surface area contributed by atoms with Crippen LogP contribution < -0.4 is 16.4 Å². The Morgan fingerprint density at radius 3 is 2.36 bits per heavy atom. The van der Waals surface area contributed by atoms with Crippen molar-refractivity contribution in [3.05, 3.63) is 83.7 Å². The summed E-state index contributed by atoms with van der Waals surface area (Å²) in [5, 5.41) is 24.1. The average Bonchev–Trinajstić information content (AvgIpc) is 3.47. The van der Waals surface area contributed by atoms with E-state index in [9.17, 15) is 43.0 Å². The topological polar surface area (TPSA) is 184 Å². The minimum Gasteiger partial charge on any atom is -0.480 e. The summed E-state index contributed by atoms with van der Waals surface area (Å²) in [7, 11) is 0. The molecule has 1 aromatic heterocycles. The van der Waals surface area contributed by atoms with E-state index < -0.39 is 65.5 Å². The predicted molar refractivity (Wildman–Crippen MR) is 181 cm³/mol. The molecular formula is C36H45F2N5O7. The van der Waals surface area contributed by atoms with E-state index in [4.69, 9.17) is 5.73 Å². The molecule has 3 rings (SSSR count). The first-order chi connectivity index (χ1) is 23.7. The van der Waals surface area contributed by atoms with Gasteiger partial charge in [0.15, 0.2) is 0 Å². The first-order valence-corrected chi connectivity index (χ1v) is 16.2. The molecule has 0 aliphatic heterocycles. The summed E-state index contributed by atoms with van der Waals surface area (Å²) in [6.45, 7) is 4.97. The summed E-state index contributed by atoms with van der Waals surface area (Å²) in [5.74, 6) is -4.42. The zero-order chi connectivity index (χ0) is 37.0. The normalized spacial score (nSPS) is 13.2. The molecule has 0 spiro atoms. The third kappa shape index (κ3) is 11.0. The van der Waals surface area contributed by atoms with Crippen LogP contribution in [0.25, 0.3) is 11.1 Å². The lowest BCUT2D eigenvalue weighted by Gasteiger charge is -2.41. The van der Waals surface area contributed by atoms with E-state index in [1.54, 1.807) is 12.3 Å². The number of nitrogens with one attached hydrogen (secondary N) is 2. The van der Waals surface area contributed by atoms with Crippen LogP contribution in [0.15, 0.2) is 60.8 Å². The number of hydrogen-bond acceptors (Lipinski definition) is 7. The zero-order valence-corrected chi connectivity index (χ0v) is 28.4. The maximum absolute atomic E-state index is 15.0. The minimum atomic E-state index is -1.29. The van der Waals surface area contributed by atoms with Gasteiger partial charge < -0.3 is 40.8 Å². The van der Waals surface area contributed by atoms with E-state index in [0.29, 0.717) is 24.1 Å². The third-order valence-corrected chi connectivity index (χ3v) is 8.11. The van der Waals surface area contributed by atoms with Crippen molar-refractivity contribution < 1.29 is 43.0 Å². The number of nitrogens with two attached hydrogens (primary N) is 1. The summed E-state index contributed by atoms with van der Waals surface area (Å²) in [6.07, 6.45) is 1.86. The standard InChI is InChI=1S/C36H45F2N5O7/c1-36(2,3)33(30-18-24(26-19-25(37)11-12-27(26)38)21-42(30)20-23-8-5-4-6-9-23)43(32(47)22-45)16-14-28(39)34(48)40-15-13-31(46)41-29(35(49)50)10-7-17-44/h4-6,8-9,11-12,17-19,21,28-29,33,45H,7,10,13-16,20,22,39H2,1-3H3,(H,40,48)(H,41,46)(H,49,50). The molecule has 0 radical (unpaired) electrons. The molecule has 2 aromatic carbocycles. The molecule has 0 aliphatic rings. The molecule has 12 nitrogen and oxygen atoms in total. The highest BCUT2D eigenvalue weighted by molar-refractivity contribution is 5.85. The van der Waals surface area contributed by atoms with Gasteiger partial charge in [0.1, 0.15) is 30.6 Å². The lowest BCUT2D eigenvalue weighted by atomic mass is 9.82. The van der Waals surface area contributed by atoms with Crippen LogP contribution in [0.4, 0.5) is 8.78 Å². The van der Waals surface area contributed by atoms with E-state index in [-0.39, 0.29) is 44.3 Å². The van der Waals surface area contributed by atoms with Gasteiger partial charge in [0, 0.05) is 55.5 Å². The van der Waals surface area contributed by atoms with Gasteiger partial charge in [-0.3, -0.25) is 14.4 Å². The predicted octanol–water partition coefficient (Wildman–Crippen LogP) is 3.16. The van der Waals surface area contributed by atoms with E-state index in [1.165, 1.54) is 4.90 Å². The Balaban J connectivity index is 1.84. The van der Waals surface area contributed by atoms with Gasteiger partial charge in [-0.25, -0.2) is 13.6 Å². The number of amides is 3. The Labute approximate surface area is 289 Å². The fraction of sp³-hybridized carbons (Fsp3) is 0.417. The van der Waals surface area contributed by atoms with Gasteiger partial charge in [-0.15, -0.1) is 0 Å². The van der Waals surface area contributed by atoms with Gasteiger partial charge in [-0.2, -0.15) is 0 Å². The number of aliphatic hydroxyl groups is 1. The average molecular weight is 698 g/mol. The lowest BCUT2D eigenvalue weighted by molar-refractivity contribution is -0.142. The van der Waals surface area contributed by atoms with Crippen LogP contribution in [0.1, 0.15) is 63.8 Å². The second kappa shape index (κ2) is 18.2.